The summed E-state index contributed by atoms with van der Waals surface area (Å²) in [6, 6.07) is 5.21. The van der Waals surface area contributed by atoms with Crippen LogP contribution in [0.4, 0.5) is 4.39 Å². The monoisotopic (exact) mass is 287 g/mol. The molecule has 0 aliphatic rings. The van der Waals surface area contributed by atoms with Gasteiger partial charge in [-0.3, -0.25) is 4.79 Å². The predicted molar refractivity (Wildman–Crippen MR) is 85.3 cm³/mol. The van der Waals surface area contributed by atoms with Crippen LogP contribution in [0.15, 0.2) is 35.4 Å². The maximum Gasteiger partial charge on any atom is 0.192 e. The Labute approximate surface area is 125 Å². The zero-order chi connectivity index (χ0) is 15.7. The molecule has 2 rings (SSSR count). The number of hydrogen-bond acceptors (Lipinski definition) is 1. The van der Waals surface area contributed by atoms with Crippen molar-refractivity contribution in [3.05, 3.63) is 57.8 Å². The fraction of sp³-hybridized carbons (Fsp3) is 0.389. The van der Waals surface area contributed by atoms with Crippen molar-refractivity contribution in [3.63, 3.8) is 0 Å². The molecule has 3 heteroatoms. The first-order valence-corrected chi connectivity index (χ1v) is 7.33. The second-order valence-electron chi connectivity index (χ2n) is 6.14. The Morgan fingerprint density at radius 1 is 1.05 bits per heavy atom. The van der Waals surface area contributed by atoms with Gasteiger partial charge in [-0.15, -0.1) is 0 Å². The van der Waals surface area contributed by atoms with Gasteiger partial charge in [0.2, 0.25) is 0 Å². The molecular formula is C18H22FNO. The molecule has 2 aromatic rings. The SMILES string of the molecule is Cc1ccc(-c2cn(C(C)C)cc(C(C)C)c2=O)c(F)c1. The van der Waals surface area contributed by atoms with Crippen molar-refractivity contribution < 1.29 is 4.39 Å². The highest BCUT2D eigenvalue weighted by atomic mass is 19.1. The first-order valence-electron chi connectivity index (χ1n) is 7.33. The zero-order valence-electron chi connectivity index (χ0n) is 13.3. The lowest BCUT2D eigenvalue weighted by atomic mass is 9.98. The van der Waals surface area contributed by atoms with E-state index in [4.69, 9.17) is 0 Å². The highest BCUT2D eigenvalue weighted by Gasteiger charge is 2.16. The Kier molecular flexibility index (Phi) is 4.31. The number of halogens is 1. The third-order valence-corrected chi connectivity index (χ3v) is 3.71. The molecule has 21 heavy (non-hydrogen) atoms. The summed E-state index contributed by atoms with van der Waals surface area (Å²) in [6.45, 7) is 9.89. The van der Waals surface area contributed by atoms with Gasteiger partial charge in [-0.05, 0) is 38.3 Å². The Morgan fingerprint density at radius 2 is 1.71 bits per heavy atom. The van der Waals surface area contributed by atoms with E-state index < -0.39 is 0 Å². The van der Waals surface area contributed by atoms with Crippen LogP contribution in [0.3, 0.4) is 0 Å². The molecule has 0 N–H and O–H groups in total. The molecule has 0 saturated heterocycles. The van der Waals surface area contributed by atoms with Crippen molar-refractivity contribution in [1.82, 2.24) is 4.57 Å². The van der Waals surface area contributed by atoms with Gasteiger partial charge < -0.3 is 4.57 Å². The van der Waals surface area contributed by atoms with Gasteiger partial charge >= 0.3 is 0 Å². The molecule has 0 radical (unpaired) electrons. The normalized spacial score (nSPS) is 11.4. The molecule has 0 amide bonds. The van der Waals surface area contributed by atoms with Gasteiger partial charge in [0.15, 0.2) is 5.43 Å². The van der Waals surface area contributed by atoms with Crippen LogP contribution in [0.2, 0.25) is 0 Å². The van der Waals surface area contributed by atoms with Crippen LogP contribution in [-0.4, -0.2) is 4.57 Å². The lowest BCUT2D eigenvalue weighted by molar-refractivity contribution is 0.587. The minimum atomic E-state index is -0.344. The van der Waals surface area contributed by atoms with Crippen molar-refractivity contribution in [2.75, 3.05) is 0 Å². The number of pyridine rings is 1. The lowest BCUT2D eigenvalue weighted by Crippen LogP contribution is -2.18. The van der Waals surface area contributed by atoms with E-state index in [1.54, 1.807) is 12.3 Å². The van der Waals surface area contributed by atoms with Crippen molar-refractivity contribution in [1.29, 1.82) is 0 Å². The minimum Gasteiger partial charge on any atom is -0.351 e. The topological polar surface area (TPSA) is 22.0 Å². The quantitative estimate of drug-likeness (QED) is 0.804. The number of nitrogens with zero attached hydrogens (tertiary/aromatic N) is 1. The summed E-state index contributed by atoms with van der Waals surface area (Å²) in [5.41, 5.74) is 2.31. The summed E-state index contributed by atoms with van der Waals surface area (Å²) in [6.07, 6.45) is 3.64. The average molecular weight is 287 g/mol. The predicted octanol–water partition coefficient (Wildman–Crippen LogP) is 4.67. The first-order chi connectivity index (χ1) is 9.81. The van der Waals surface area contributed by atoms with Gasteiger partial charge in [0.25, 0.3) is 0 Å². The second kappa shape index (κ2) is 5.84. The summed E-state index contributed by atoms with van der Waals surface area (Å²) in [5.74, 6) is -0.237. The lowest BCUT2D eigenvalue weighted by Gasteiger charge is -2.17. The van der Waals surface area contributed by atoms with Gasteiger partial charge in [0, 0.05) is 35.1 Å². The van der Waals surface area contributed by atoms with Gasteiger partial charge in [-0.2, -0.15) is 0 Å². The Balaban J connectivity index is 2.75. The Morgan fingerprint density at radius 3 is 2.24 bits per heavy atom. The van der Waals surface area contributed by atoms with Crippen LogP contribution in [0.5, 0.6) is 0 Å². The number of hydrogen-bond donors (Lipinski definition) is 0. The summed E-state index contributed by atoms with van der Waals surface area (Å²) >= 11 is 0. The summed E-state index contributed by atoms with van der Waals surface area (Å²) in [7, 11) is 0. The molecule has 0 fully saturated rings. The van der Waals surface area contributed by atoms with Gasteiger partial charge in [0.05, 0.1) is 0 Å². The molecule has 0 aliphatic heterocycles. The van der Waals surface area contributed by atoms with Crippen LogP contribution in [-0.2, 0) is 0 Å². The molecule has 2 nitrogen and oxygen atoms in total. The number of rotatable bonds is 3. The van der Waals surface area contributed by atoms with Gasteiger partial charge in [-0.1, -0.05) is 26.0 Å². The first kappa shape index (κ1) is 15.5. The van der Waals surface area contributed by atoms with E-state index in [2.05, 4.69) is 0 Å². The molecule has 1 aromatic carbocycles. The van der Waals surface area contributed by atoms with Crippen molar-refractivity contribution in [3.8, 4) is 11.1 Å². The molecule has 0 atom stereocenters. The van der Waals surface area contributed by atoms with E-state index in [0.29, 0.717) is 11.1 Å². The summed E-state index contributed by atoms with van der Waals surface area (Å²) in [4.78, 5) is 12.6. The highest BCUT2D eigenvalue weighted by Crippen LogP contribution is 2.24. The summed E-state index contributed by atoms with van der Waals surface area (Å²) in [5, 5.41) is 0. The van der Waals surface area contributed by atoms with Crippen molar-refractivity contribution >= 4 is 0 Å². The van der Waals surface area contributed by atoms with E-state index in [1.165, 1.54) is 6.07 Å². The molecule has 1 aromatic heterocycles. The fourth-order valence-electron chi connectivity index (χ4n) is 2.36. The van der Waals surface area contributed by atoms with E-state index >= 15 is 0 Å². The zero-order valence-corrected chi connectivity index (χ0v) is 13.3. The highest BCUT2D eigenvalue weighted by molar-refractivity contribution is 5.64. The third-order valence-electron chi connectivity index (χ3n) is 3.71. The standard InChI is InChI=1S/C18H22FNO/c1-11(2)15-9-20(12(3)4)10-16(18(15)21)14-7-6-13(5)8-17(14)19/h6-12H,1-5H3. The van der Waals surface area contributed by atoms with Crippen LogP contribution in [0.1, 0.15) is 50.8 Å². The number of aryl methyl sites for hydroxylation is 1. The van der Waals surface area contributed by atoms with Gasteiger partial charge in [0.1, 0.15) is 5.82 Å². The third kappa shape index (κ3) is 3.07. The van der Waals surface area contributed by atoms with Crippen LogP contribution >= 0.6 is 0 Å². The molecule has 1 heterocycles. The van der Waals surface area contributed by atoms with Crippen molar-refractivity contribution in [2.45, 2.75) is 46.6 Å². The fourth-order valence-corrected chi connectivity index (χ4v) is 2.36. The van der Waals surface area contributed by atoms with E-state index in [9.17, 15) is 9.18 Å². The molecule has 0 aliphatic carbocycles. The Bertz CT molecular complexity index is 714. The average Bonchev–Trinajstić information content (AvgIpc) is 2.39. The maximum atomic E-state index is 14.2. The number of benzene rings is 1. The molecule has 112 valence electrons. The second-order valence-corrected chi connectivity index (χ2v) is 6.14. The van der Waals surface area contributed by atoms with Crippen molar-refractivity contribution in [2.24, 2.45) is 0 Å². The van der Waals surface area contributed by atoms with Gasteiger partial charge in [-0.25, -0.2) is 4.39 Å². The molecular weight excluding hydrogens is 265 g/mol. The van der Waals surface area contributed by atoms with Crippen LogP contribution < -0.4 is 5.43 Å². The molecule has 0 bridgehead atoms. The molecule has 0 spiro atoms. The van der Waals surface area contributed by atoms with Crippen LogP contribution in [0, 0.1) is 12.7 Å². The maximum absolute atomic E-state index is 14.2. The smallest absolute Gasteiger partial charge is 0.192 e. The number of aromatic nitrogens is 1. The van der Waals surface area contributed by atoms with Crippen LogP contribution in [0.25, 0.3) is 11.1 Å². The molecule has 0 saturated carbocycles. The van der Waals surface area contributed by atoms with E-state index in [-0.39, 0.29) is 23.2 Å². The van der Waals surface area contributed by atoms with E-state index in [0.717, 1.165) is 11.1 Å². The molecule has 0 unspecified atom stereocenters. The van der Waals surface area contributed by atoms with E-state index in [1.807, 2.05) is 51.4 Å². The largest absolute Gasteiger partial charge is 0.351 e. The summed E-state index contributed by atoms with van der Waals surface area (Å²) < 4.78 is 16.2. The Hall–Kier alpha value is -1.90. The minimum absolute atomic E-state index is 0.0790.